The maximum absolute atomic E-state index is 8.91. The van der Waals surface area contributed by atoms with Gasteiger partial charge in [0, 0.05) is 0 Å². The van der Waals surface area contributed by atoms with Crippen LogP contribution in [-0.2, 0) is 10.4 Å². The smallest absolute Gasteiger partial charge is 0.264 e. The third-order valence-electron chi connectivity index (χ3n) is 2.37. The number of likely N-dealkylation sites (N-methyl/N-ethyl adjacent to an activating group) is 1. The molecule has 1 atom stereocenters. The molecule has 1 aromatic carbocycles. The number of benzene rings is 1. The third kappa shape index (κ3) is 9.02. The third-order valence-corrected chi connectivity index (χ3v) is 3.73. The monoisotopic (exact) mass is 353 g/mol. The van der Waals surface area contributed by atoms with Crippen LogP contribution in [0.5, 0.6) is 0 Å². The second-order valence-electron chi connectivity index (χ2n) is 3.79. The second kappa shape index (κ2) is 8.55. The quantitative estimate of drug-likeness (QED) is 0.495. The SMILES string of the molecule is CCN(CCO)c1ccc([AsH2])c(C)c1.O=S(=O)(O)O. The van der Waals surface area contributed by atoms with Gasteiger partial charge in [-0.05, 0) is 0 Å². The van der Waals surface area contributed by atoms with E-state index in [9.17, 15) is 0 Å². The van der Waals surface area contributed by atoms with Gasteiger partial charge >= 0.3 is 105 Å². The number of aliphatic hydroxyl groups is 1. The second-order valence-corrected chi connectivity index (χ2v) is 5.99. The van der Waals surface area contributed by atoms with Crippen molar-refractivity contribution in [2.75, 3.05) is 24.6 Å². The summed E-state index contributed by atoms with van der Waals surface area (Å²) in [6.07, 6.45) is 0. The molecule has 0 spiro atoms. The van der Waals surface area contributed by atoms with Crippen molar-refractivity contribution in [1.29, 1.82) is 0 Å². The van der Waals surface area contributed by atoms with Crippen molar-refractivity contribution in [2.24, 2.45) is 0 Å². The van der Waals surface area contributed by atoms with Crippen LogP contribution in [0.25, 0.3) is 0 Å². The molecule has 110 valence electrons. The van der Waals surface area contributed by atoms with Gasteiger partial charge in [0.1, 0.15) is 0 Å². The maximum atomic E-state index is 8.91. The minimum Gasteiger partial charge on any atom is -0.264 e. The predicted molar refractivity (Wildman–Crippen MR) is 78.5 cm³/mol. The van der Waals surface area contributed by atoms with Gasteiger partial charge < -0.3 is 0 Å². The van der Waals surface area contributed by atoms with Crippen LogP contribution >= 0.6 is 0 Å². The average Bonchev–Trinajstić information content (AvgIpc) is 2.27. The van der Waals surface area contributed by atoms with Gasteiger partial charge in [0.05, 0.1) is 0 Å². The van der Waals surface area contributed by atoms with Gasteiger partial charge in [-0.3, -0.25) is 9.11 Å². The van der Waals surface area contributed by atoms with Crippen molar-refractivity contribution < 1.29 is 22.6 Å². The Morgan fingerprint density at radius 1 is 1.32 bits per heavy atom. The van der Waals surface area contributed by atoms with Gasteiger partial charge in [-0.25, -0.2) is 0 Å². The number of hydrogen-bond acceptors (Lipinski definition) is 4. The first-order valence-corrected chi connectivity index (χ1v) is 8.21. The van der Waals surface area contributed by atoms with Crippen LogP contribution in [0.4, 0.5) is 5.69 Å². The first kappa shape index (κ1) is 18.4. The summed E-state index contributed by atoms with van der Waals surface area (Å²) in [4.78, 5) is 2.18. The summed E-state index contributed by atoms with van der Waals surface area (Å²) < 4.78 is 33.0. The van der Waals surface area contributed by atoms with Gasteiger partial charge in [-0.15, -0.1) is 0 Å². The fraction of sp³-hybridized carbons (Fsp3) is 0.455. The Morgan fingerprint density at radius 3 is 2.21 bits per heavy atom. The van der Waals surface area contributed by atoms with Gasteiger partial charge in [-0.1, -0.05) is 0 Å². The van der Waals surface area contributed by atoms with Crippen LogP contribution in [0.2, 0.25) is 0 Å². The van der Waals surface area contributed by atoms with Crippen LogP contribution in [0.15, 0.2) is 18.2 Å². The number of aryl methyl sites for hydroxylation is 1. The molecule has 0 aliphatic heterocycles. The molecule has 0 amide bonds. The van der Waals surface area contributed by atoms with Crippen molar-refractivity contribution in [2.45, 2.75) is 13.8 Å². The van der Waals surface area contributed by atoms with Gasteiger partial charge in [0.2, 0.25) is 0 Å². The van der Waals surface area contributed by atoms with E-state index in [4.69, 9.17) is 22.6 Å². The zero-order chi connectivity index (χ0) is 15.1. The maximum Gasteiger partial charge on any atom is 0.394 e. The van der Waals surface area contributed by atoms with Crippen LogP contribution in [0.3, 0.4) is 0 Å². The Morgan fingerprint density at radius 2 is 1.84 bits per heavy atom. The largest absolute Gasteiger partial charge is 0.394 e. The molecule has 0 bridgehead atoms. The van der Waals surface area contributed by atoms with Crippen molar-refractivity contribution in [3.63, 3.8) is 0 Å². The molecule has 0 radical (unpaired) electrons. The molecule has 0 aliphatic rings. The molecular weight excluding hydrogens is 333 g/mol. The number of hydrogen-bond donors (Lipinski definition) is 3. The first-order valence-electron chi connectivity index (χ1n) is 5.60. The summed E-state index contributed by atoms with van der Waals surface area (Å²) in [7, 11) is -4.67. The van der Waals surface area contributed by atoms with E-state index >= 15 is 0 Å². The van der Waals surface area contributed by atoms with Crippen LogP contribution in [0.1, 0.15) is 12.5 Å². The summed E-state index contributed by atoms with van der Waals surface area (Å²) in [5.41, 5.74) is 2.54. The number of aliphatic hydroxyl groups excluding tert-OH is 1. The summed E-state index contributed by atoms with van der Waals surface area (Å²) in [6.45, 7) is 6.10. The zero-order valence-electron chi connectivity index (χ0n) is 10.9. The molecule has 0 fully saturated rings. The van der Waals surface area contributed by atoms with Crippen LogP contribution in [-0.4, -0.2) is 59.2 Å². The van der Waals surface area contributed by atoms with Crippen molar-refractivity contribution >= 4 is 37.3 Å². The number of rotatable bonds is 4. The average molecular weight is 353 g/mol. The van der Waals surface area contributed by atoms with Gasteiger partial charge in [0.15, 0.2) is 0 Å². The number of anilines is 1. The molecule has 6 nitrogen and oxygen atoms in total. The fourth-order valence-electron chi connectivity index (χ4n) is 1.45. The van der Waals surface area contributed by atoms with E-state index in [-0.39, 0.29) is 6.61 Å². The molecule has 0 saturated heterocycles. The zero-order valence-corrected chi connectivity index (χ0v) is 14.2. The Hall–Kier alpha value is -0.592. The topological polar surface area (TPSA) is 98.1 Å². The van der Waals surface area contributed by atoms with Crippen LogP contribution in [0, 0.1) is 6.92 Å². The molecule has 0 saturated carbocycles. The Balaban J connectivity index is 0.000000555. The van der Waals surface area contributed by atoms with E-state index in [0.717, 1.165) is 6.54 Å². The van der Waals surface area contributed by atoms with Crippen LogP contribution < -0.4 is 9.25 Å². The fourth-order valence-corrected chi connectivity index (χ4v) is 1.82. The first-order chi connectivity index (χ1) is 8.69. The normalized spacial score (nSPS) is 10.6. The Labute approximate surface area is 122 Å². The van der Waals surface area contributed by atoms with Crippen molar-refractivity contribution in [3.05, 3.63) is 23.8 Å². The Kier molecular flexibility index (Phi) is 8.29. The van der Waals surface area contributed by atoms with Gasteiger partial charge in [-0.2, -0.15) is 8.42 Å². The molecule has 1 rings (SSSR count). The predicted octanol–water partition coefficient (Wildman–Crippen LogP) is -0.581. The molecule has 8 heteroatoms. The minimum absolute atomic E-state index is 0.213. The van der Waals surface area contributed by atoms with E-state index in [2.05, 4.69) is 36.9 Å². The van der Waals surface area contributed by atoms with E-state index < -0.39 is 10.4 Å². The van der Waals surface area contributed by atoms with E-state index in [1.807, 2.05) is 0 Å². The Bertz CT molecular complexity index is 484. The molecule has 0 heterocycles. The summed E-state index contributed by atoms with van der Waals surface area (Å²) in [5, 5.41) is 8.91. The molecular formula is C11H20AsNO5S. The number of nitrogens with zero attached hydrogens (tertiary/aromatic N) is 1. The molecule has 19 heavy (non-hydrogen) atoms. The molecule has 0 aromatic heterocycles. The summed E-state index contributed by atoms with van der Waals surface area (Å²) >= 11 is 1.66. The van der Waals surface area contributed by atoms with E-state index in [1.165, 1.54) is 15.6 Å². The molecule has 3 N–H and O–H groups in total. The minimum atomic E-state index is -4.67. The van der Waals surface area contributed by atoms with Crippen molar-refractivity contribution in [3.8, 4) is 0 Å². The molecule has 0 aliphatic carbocycles. The van der Waals surface area contributed by atoms with Crippen molar-refractivity contribution in [1.82, 2.24) is 0 Å². The molecule has 1 aromatic rings. The standard InChI is InChI=1S/C11H18AsNO.H2O4S/c1-3-13(6-7-14)10-4-5-11(12)9(2)8-10;1-5(2,3)4/h4-5,8,14H,3,6-7,12H2,1-2H3;(H2,1,2,3,4). The van der Waals surface area contributed by atoms with E-state index in [0.29, 0.717) is 6.54 Å². The van der Waals surface area contributed by atoms with E-state index in [1.54, 1.807) is 16.9 Å². The molecule has 1 unspecified atom stereocenters. The van der Waals surface area contributed by atoms with Gasteiger partial charge in [0.25, 0.3) is 0 Å². The summed E-state index contributed by atoms with van der Waals surface area (Å²) in [5.74, 6) is 0. The summed E-state index contributed by atoms with van der Waals surface area (Å²) in [6, 6.07) is 6.48.